The van der Waals surface area contributed by atoms with E-state index >= 15 is 0 Å². The minimum absolute atomic E-state index is 0.0360. The second kappa shape index (κ2) is 6.92. The van der Waals surface area contributed by atoms with Gasteiger partial charge in [0, 0.05) is 0 Å². The number of fused-ring (bicyclic) bond motifs is 2. The molecular weight excluding hydrogens is 328 g/mol. The number of epoxide rings is 2. The van der Waals surface area contributed by atoms with Gasteiger partial charge in [0.25, 0.3) is 0 Å². The first kappa shape index (κ1) is 18.5. The molecule has 2 aliphatic heterocycles. The fourth-order valence-corrected chi connectivity index (χ4v) is 8.25. The van der Waals surface area contributed by atoms with Crippen molar-refractivity contribution in [1.29, 1.82) is 0 Å². The molecule has 6 atom stereocenters. The minimum atomic E-state index is -1.59. The van der Waals surface area contributed by atoms with E-state index in [0.717, 1.165) is 11.8 Å². The highest BCUT2D eigenvalue weighted by atomic mass is 28.4. The zero-order valence-corrected chi connectivity index (χ0v) is 17.8. The molecule has 0 N–H and O–H groups in total. The molecule has 6 unspecified atom stereocenters. The summed E-state index contributed by atoms with van der Waals surface area (Å²) < 4.78 is 18.1. The lowest BCUT2D eigenvalue weighted by Gasteiger charge is -2.37. The van der Waals surface area contributed by atoms with Crippen LogP contribution in [0.15, 0.2) is 0 Å². The Balaban J connectivity index is 1.18. The van der Waals surface area contributed by atoms with Crippen LogP contribution in [0.4, 0.5) is 0 Å². The molecule has 0 radical (unpaired) electrons. The van der Waals surface area contributed by atoms with Gasteiger partial charge in [-0.05, 0) is 96.2 Å². The summed E-state index contributed by atoms with van der Waals surface area (Å²) in [7, 11) is -1.59. The average molecular weight is 367 g/mol. The van der Waals surface area contributed by atoms with E-state index in [-0.39, 0.29) is 5.60 Å². The van der Waals surface area contributed by atoms with Crippen LogP contribution in [0, 0.1) is 11.8 Å². The average Bonchev–Trinajstić information content (AvgIpc) is 3.42. The highest BCUT2D eigenvalue weighted by Gasteiger charge is 2.45. The maximum Gasteiger partial charge on any atom is 0.187 e. The number of rotatable bonds is 8. The summed E-state index contributed by atoms with van der Waals surface area (Å²) in [6, 6.07) is 1.31. The molecular formula is C21H38O3Si. The first-order valence-corrected chi connectivity index (χ1v) is 13.9. The van der Waals surface area contributed by atoms with E-state index < -0.39 is 8.32 Å². The van der Waals surface area contributed by atoms with Crippen LogP contribution < -0.4 is 0 Å². The van der Waals surface area contributed by atoms with Crippen LogP contribution in [0.5, 0.6) is 0 Å². The summed E-state index contributed by atoms with van der Waals surface area (Å²) in [5.41, 5.74) is 0.0360. The predicted molar refractivity (Wildman–Crippen MR) is 103 cm³/mol. The maximum absolute atomic E-state index is 6.76. The molecule has 4 aliphatic rings. The Morgan fingerprint density at radius 3 is 1.96 bits per heavy atom. The van der Waals surface area contributed by atoms with Gasteiger partial charge in [0.2, 0.25) is 0 Å². The first-order chi connectivity index (χ1) is 11.8. The number of ether oxygens (including phenoxy) is 2. The van der Waals surface area contributed by atoms with E-state index in [1.807, 2.05) is 0 Å². The zero-order valence-electron chi connectivity index (χ0n) is 16.8. The first-order valence-electron chi connectivity index (χ1n) is 10.8. The van der Waals surface area contributed by atoms with Crippen molar-refractivity contribution in [3.63, 3.8) is 0 Å². The van der Waals surface area contributed by atoms with Gasteiger partial charge >= 0.3 is 0 Å². The number of hydrogen-bond acceptors (Lipinski definition) is 3. The van der Waals surface area contributed by atoms with Crippen molar-refractivity contribution >= 4 is 8.32 Å². The second-order valence-corrected chi connectivity index (χ2v) is 14.7. The number of hydrogen-bond donors (Lipinski definition) is 0. The summed E-state index contributed by atoms with van der Waals surface area (Å²) in [6.07, 6.45) is 14.3. The Morgan fingerprint density at radius 1 is 0.840 bits per heavy atom. The monoisotopic (exact) mass is 366 g/mol. The lowest BCUT2D eigenvalue weighted by molar-refractivity contribution is 0.0783. The van der Waals surface area contributed by atoms with Crippen molar-refractivity contribution in [2.24, 2.45) is 11.8 Å². The zero-order chi connectivity index (χ0) is 17.7. The lowest BCUT2D eigenvalue weighted by Crippen LogP contribution is -2.41. The smallest absolute Gasteiger partial charge is 0.187 e. The predicted octanol–water partition coefficient (Wildman–Crippen LogP) is 5.29. The van der Waals surface area contributed by atoms with Crippen LogP contribution in [0.1, 0.15) is 71.6 Å². The van der Waals surface area contributed by atoms with Crippen LogP contribution >= 0.6 is 0 Å². The van der Waals surface area contributed by atoms with E-state index in [0.29, 0.717) is 24.4 Å². The van der Waals surface area contributed by atoms with Crippen molar-refractivity contribution < 1.29 is 13.9 Å². The van der Waals surface area contributed by atoms with Crippen LogP contribution in [0.25, 0.3) is 0 Å². The minimum Gasteiger partial charge on any atom is -0.412 e. The summed E-state index contributed by atoms with van der Waals surface area (Å²) >= 11 is 0. The molecule has 2 saturated carbocycles. The van der Waals surface area contributed by atoms with Crippen molar-refractivity contribution in [3.05, 3.63) is 0 Å². The standard InChI is InChI=1S/C21H38O3Si/c1-21(2,11-9-15-5-7-17-19(13-15)22-17)24-25(3,4)12-10-16-6-8-18-20(14-16)23-18/h15-20H,5-14H2,1-4H3. The Labute approximate surface area is 155 Å². The van der Waals surface area contributed by atoms with E-state index in [1.54, 1.807) is 0 Å². The van der Waals surface area contributed by atoms with Gasteiger partial charge in [-0.15, -0.1) is 0 Å². The van der Waals surface area contributed by atoms with Crippen LogP contribution in [0.3, 0.4) is 0 Å². The largest absolute Gasteiger partial charge is 0.412 e. The van der Waals surface area contributed by atoms with E-state index in [2.05, 4.69) is 26.9 Å². The molecule has 3 nitrogen and oxygen atoms in total. The van der Waals surface area contributed by atoms with Crippen LogP contribution in [-0.2, 0) is 13.9 Å². The molecule has 0 spiro atoms. The summed E-state index contributed by atoms with van der Waals surface area (Å²) in [5, 5.41) is 0. The molecule has 4 heteroatoms. The van der Waals surface area contributed by atoms with Gasteiger partial charge in [0.15, 0.2) is 8.32 Å². The highest BCUT2D eigenvalue weighted by molar-refractivity contribution is 6.71. The van der Waals surface area contributed by atoms with Gasteiger partial charge in [-0.2, -0.15) is 0 Å². The van der Waals surface area contributed by atoms with Gasteiger partial charge in [-0.25, -0.2) is 0 Å². The molecule has 144 valence electrons. The topological polar surface area (TPSA) is 34.3 Å². The van der Waals surface area contributed by atoms with Gasteiger partial charge in [-0.3, -0.25) is 0 Å². The second-order valence-electron chi connectivity index (χ2n) is 10.5. The van der Waals surface area contributed by atoms with E-state index in [4.69, 9.17) is 13.9 Å². The molecule has 0 amide bonds. The molecule has 4 fully saturated rings. The van der Waals surface area contributed by atoms with E-state index in [9.17, 15) is 0 Å². The van der Waals surface area contributed by atoms with Crippen molar-refractivity contribution in [3.8, 4) is 0 Å². The Morgan fingerprint density at radius 2 is 1.40 bits per heavy atom. The quantitative estimate of drug-likeness (QED) is 0.432. The summed E-state index contributed by atoms with van der Waals surface area (Å²) in [5.74, 6) is 1.75. The summed E-state index contributed by atoms with van der Waals surface area (Å²) in [6.45, 7) is 9.50. The third kappa shape index (κ3) is 5.09. The lowest BCUT2D eigenvalue weighted by atomic mass is 9.84. The Kier molecular flexibility index (Phi) is 5.11. The normalized spacial score (nSPS) is 40.3. The maximum atomic E-state index is 6.76. The Bertz CT molecular complexity index is 436. The molecule has 0 aromatic rings. The fourth-order valence-electron chi connectivity index (χ4n) is 5.45. The van der Waals surface area contributed by atoms with Gasteiger partial charge < -0.3 is 13.9 Å². The van der Waals surface area contributed by atoms with Gasteiger partial charge in [0.1, 0.15) is 0 Å². The fraction of sp³-hybridized carbons (Fsp3) is 1.00. The molecule has 0 bridgehead atoms. The van der Waals surface area contributed by atoms with Crippen LogP contribution in [0.2, 0.25) is 19.1 Å². The van der Waals surface area contributed by atoms with Gasteiger partial charge in [-0.1, -0.05) is 6.42 Å². The Hall–Kier alpha value is 0.0969. The third-order valence-corrected chi connectivity index (χ3v) is 9.69. The highest BCUT2D eigenvalue weighted by Crippen LogP contribution is 2.43. The van der Waals surface area contributed by atoms with Crippen LogP contribution in [-0.4, -0.2) is 38.3 Å². The van der Waals surface area contributed by atoms with Crippen molar-refractivity contribution in [2.75, 3.05) is 0 Å². The summed E-state index contributed by atoms with van der Waals surface area (Å²) in [4.78, 5) is 0. The molecule has 2 aliphatic carbocycles. The molecule has 2 heterocycles. The molecule has 0 aromatic heterocycles. The van der Waals surface area contributed by atoms with Crippen molar-refractivity contribution in [1.82, 2.24) is 0 Å². The molecule has 0 aromatic carbocycles. The van der Waals surface area contributed by atoms with Crippen molar-refractivity contribution in [2.45, 2.75) is 121 Å². The molecule has 4 rings (SSSR count). The molecule has 2 saturated heterocycles. The molecule has 25 heavy (non-hydrogen) atoms. The SMILES string of the molecule is CC(C)(CCC1CCC2OC2C1)O[Si](C)(C)CCC1CCC2OC2C1. The third-order valence-electron chi connectivity index (χ3n) is 7.09. The van der Waals surface area contributed by atoms with Gasteiger partial charge in [0.05, 0.1) is 30.0 Å². The van der Waals surface area contributed by atoms with E-state index in [1.165, 1.54) is 63.8 Å².